The van der Waals surface area contributed by atoms with Crippen molar-refractivity contribution in [2.45, 2.75) is 45.4 Å². The van der Waals surface area contributed by atoms with E-state index in [1.54, 1.807) is 0 Å². The van der Waals surface area contributed by atoms with Crippen LogP contribution in [0.3, 0.4) is 0 Å². The lowest BCUT2D eigenvalue weighted by Gasteiger charge is -2.32. The number of ether oxygens (including phenoxy) is 1. The van der Waals surface area contributed by atoms with E-state index in [1.165, 1.54) is 34.5 Å². The van der Waals surface area contributed by atoms with Crippen LogP contribution in [0.4, 0.5) is 15.8 Å². The summed E-state index contributed by atoms with van der Waals surface area (Å²) in [6.45, 7) is 6.01. The number of rotatable bonds is 5. The predicted molar refractivity (Wildman–Crippen MR) is 113 cm³/mol. The number of halogens is 1. The Balaban J connectivity index is 0.00000225. The van der Waals surface area contributed by atoms with Gasteiger partial charge in [-0.3, -0.25) is 4.90 Å². The number of aryl methyl sites for hydroxylation is 2. The zero-order valence-electron chi connectivity index (χ0n) is 16.9. The van der Waals surface area contributed by atoms with Crippen molar-refractivity contribution < 1.29 is 9.13 Å². The minimum absolute atomic E-state index is 0. The standard InChI is InChI=1S/C23H29FN2O.H3N/c1-18-4-7-22(8-5-18)26-12-2-3-20-15-19(6-9-23(20)26)16-27-17-25-13-10-21(24)11-14-25;/h4-9,15,21H,2-3,10-14,16-17H2,1H3;1H3. The second kappa shape index (κ2) is 9.50. The van der Waals surface area contributed by atoms with E-state index < -0.39 is 6.17 Å². The maximum absolute atomic E-state index is 13.2. The van der Waals surface area contributed by atoms with Gasteiger partial charge < -0.3 is 15.8 Å². The quantitative estimate of drug-likeness (QED) is 0.773. The van der Waals surface area contributed by atoms with Gasteiger partial charge in [-0.15, -0.1) is 0 Å². The molecule has 2 aromatic carbocycles. The van der Waals surface area contributed by atoms with Crippen LogP contribution in [0.2, 0.25) is 0 Å². The SMILES string of the molecule is Cc1ccc(N2CCCc3cc(COCN4CCC(F)CC4)ccc32)cc1.N. The van der Waals surface area contributed by atoms with Crippen LogP contribution in [-0.4, -0.2) is 37.4 Å². The molecule has 5 heteroatoms. The molecule has 4 rings (SSSR count). The molecule has 2 aliphatic rings. The normalized spacial score (nSPS) is 17.9. The first-order valence-corrected chi connectivity index (χ1v) is 10.1. The van der Waals surface area contributed by atoms with Gasteiger partial charge in [0.15, 0.2) is 0 Å². The summed E-state index contributed by atoms with van der Waals surface area (Å²) < 4.78 is 19.1. The molecule has 2 aromatic rings. The summed E-state index contributed by atoms with van der Waals surface area (Å²) in [6, 6.07) is 15.5. The van der Waals surface area contributed by atoms with Gasteiger partial charge in [0.25, 0.3) is 0 Å². The third-order valence-corrected chi connectivity index (χ3v) is 5.67. The third-order valence-electron chi connectivity index (χ3n) is 5.67. The smallest absolute Gasteiger partial charge is 0.103 e. The Morgan fingerprint density at radius 1 is 1.04 bits per heavy atom. The van der Waals surface area contributed by atoms with E-state index in [0.29, 0.717) is 26.2 Å². The van der Waals surface area contributed by atoms with Crippen LogP contribution in [0, 0.1) is 6.92 Å². The van der Waals surface area contributed by atoms with Gasteiger partial charge in [-0.25, -0.2) is 4.39 Å². The highest BCUT2D eigenvalue weighted by atomic mass is 19.1. The number of hydrogen-bond acceptors (Lipinski definition) is 4. The molecule has 28 heavy (non-hydrogen) atoms. The Hall–Kier alpha value is -1.95. The summed E-state index contributed by atoms with van der Waals surface area (Å²) in [4.78, 5) is 4.62. The molecule has 0 unspecified atom stereocenters. The molecule has 0 atom stereocenters. The average molecular weight is 386 g/mol. The van der Waals surface area contributed by atoms with Crippen LogP contribution in [0.15, 0.2) is 42.5 Å². The first-order chi connectivity index (χ1) is 13.2. The van der Waals surface area contributed by atoms with E-state index in [0.717, 1.165) is 26.1 Å². The molecule has 2 aliphatic heterocycles. The molecule has 152 valence electrons. The van der Waals surface area contributed by atoms with E-state index in [9.17, 15) is 4.39 Å². The Labute approximate surface area is 167 Å². The van der Waals surface area contributed by atoms with Crippen molar-refractivity contribution in [3.63, 3.8) is 0 Å². The molecule has 1 saturated heterocycles. The second-order valence-corrected chi connectivity index (χ2v) is 7.82. The number of piperidine rings is 1. The third kappa shape index (κ3) is 4.90. The van der Waals surface area contributed by atoms with Crippen LogP contribution >= 0.6 is 0 Å². The molecule has 0 bridgehead atoms. The van der Waals surface area contributed by atoms with E-state index in [1.807, 2.05) is 0 Å². The molecule has 0 aromatic heterocycles. The highest BCUT2D eigenvalue weighted by molar-refractivity contribution is 5.68. The number of likely N-dealkylation sites (tertiary alicyclic amines) is 1. The van der Waals surface area contributed by atoms with Gasteiger partial charge in [0.1, 0.15) is 6.17 Å². The summed E-state index contributed by atoms with van der Waals surface area (Å²) >= 11 is 0. The summed E-state index contributed by atoms with van der Waals surface area (Å²) in [5.74, 6) is 0. The van der Waals surface area contributed by atoms with Crippen molar-refractivity contribution in [1.82, 2.24) is 11.1 Å². The maximum atomic E-state index is 13.2. The molecule has 3 N–H and O–H groups in total. The molecule has 0 radical (unpaired) electrons. The number of benzene rings is 2. The van der Waals surface area contributed by atoms with Gasteiger partial charge in [0, 0.05) is 31.0 Å². The zero-order valence-corrected chi connectivity index (χ0v) is 16.9. The van der Waals surface area contributed by atoms with Gasteiger partial charge in [-0.1, -0.05) is 29.8 Å². The Kier molecular flexibility index (Phi) is 7.05. The number of hydrogen-bond donors (Lipinski definition) is 1. The first-order valence-electron chi connectivity index (χ1n) is 10.1. The van der Waals surface area contributed by atoms with Crippen molar-refractivity contribution in [2.24, 2.45) is 0 Å². The summed E-state index contributed by atoms with van der Waals surface area (Å²) in [5.41, 5.74) is 6.50. The summed E-state index contributed by atoms with van der Waals surface area (Å²) in [5, 5.41) is 0. The minimum atomic E-state index is -0.627. The van der Waals surface area contributed by atoms with Crippen LogP contribution in [0.5, 0.6) is 0 Å². The van der Waals surface area contributed by atoms with Gasteiger partial charge in [0.2, 0.25) is 0 Å². The maximum Gasteiger partial charge on any atom is 0.103 e. The lowest BCUT2D eigenvalue weighted by molar-refractivity contribution is -0.00125. The van der Waals surface area contributed by atoms with Crippen LogP contribution < -0.4 is 11.1 Å². The van der Waals surface area contributed by atoms with Gasteiger partial charge in [-0.2, -0.15) is 0 Å². The van der Waals surface area contributed by atoms with Gasteiger partial charge in [0.05, 0.1) is 13.3 Å². The summed E-state index contributed by atoms with van der Waals surface area (Å²) in [7, 11) is 0. The van der Waals surface area contributed by atoms with Crippen molar-refractivity contribution in [2.75, 3.05) is 31.3 Å². The van der Waals surface area contributed by atoms with Gasteiger partial charge >= 0.3 is 0 Å². The van der Waals surface area contributed by atoms with Crippen LogP contribution in [0.1, 0.15) is 36.0 Å². The fourth-order valence-electron chi connectivity index (χ4n) is 4.06. The average Bonchev–Trinajstić information content (AvgIpc) is 2.69. The van der Waals surface area contributed by atoms with Crippen LogP contribution in [-0.2, 0) is 17.8 Å². The van der Waals surface area contributed by atoms with E-state index in [-0.39, 0.29) is 6.15 Å². The summed E-state index contributed by atoms with van der Waals surface area (Å²) in [6.07, 6.45) is 2.94. The first kappa shape index (κ1) is 20.8. The molecule has 0 aliphatic carbocycles. The van der Waals surface area contributed by atoms with Crippen molar-refractivity contribution in [3.8, 4) is 0 Å². The topological polar surface area (TPSA) is 50.7 Å². The fourth-order valence-corrected chi connectivity index (χ4v) is 4.06. The fraction of sp³-hybridized carbons (Fsp3) is 0.478. The monoisotopic (exact) mass is 385 g/mol. The molecule has 1 fully saturated rings. The molecular formula is C23H32FN3O. The molecule has 0 spiro atoms. The molecule has 4 nitrogen and oxygen atoms in total. The second-order valence-electron chi connectivity index (χ2n) is 7.82. The highest BCUT2D eigenvalue weighted by Crippen LogP contribution is 2.34. The molecule has 0 amide bonds. The predicted octanol–water partition coefficient (Wildman–Crippen LogP) is 5.15. The highest BCUT2D eigenvalue weighted by Gasteiger charge is 2.20. The Morgan fingerprint density at radius 2 is 1.79 bits per heavy atom. The van der Waals surface area contributed by atoms with Gasteiger partial charge in [-0.05, 0) is 61.9 Å². The van der Waals surface area contributed by atoms with Crippen molar-refractivity contribution in [3.05, 3.63) is 59.2 Å². The zero-order chi connectivity index (χ0) is 18.6. The number of nitrogens with zero attached hydrogens (tertiary/aromatic N) is 2. The van der Waals surface area contributed by atoms with E-state index >= 15 is 0 Å². The molecular weight excluding hydrogens is 353 g/mol. The largest absolute Gasteiger partial charge is 0.361 e. The van der Waals surface area contributed by atoms with Crippen LogP contribution in [0.25, 0.3) is 0 Å². The van der Waals surface area contributed by atoms with E-state index in [2.05, 4.69) is 59.2 Å². The van der Waals surface area contributed by atoms with Crippen molar-refractivity contribution in [1.29, 1.82) is 0 Å². The molecule has 0 saturated carbocycles. The number of anilines is 2. The number of fused-ring (bicyclic) bond motifs is 1. The lowest BCUT2D eigenvalue weighted by atomic mass is 9.98. The Morgan fingerprint density at radius 3 is 2.54 bits per heavy atom. The minimum Gasteiger partial charge on any atom is -0.361 e. The van der Waals surface area contributed by atoms with E-state index in [4.69, 9.17) is 4.74 Å². The lowest BCUT2D eigenvalue weighted by Crippen LogP contribution is -2.35. The van der Waals surface area contributed by atoms with Crippen molar-refractivity contribution >= 4 is 11.4 Å². The Bertz CT molecular complexity index is 757. The number of alkyl halides is 1. The molecule has 2 heterocycles.